The predicted octanol–water partition coefficient (Wildman–Crippen LogP) is 4.39. The number of piperidine rings is 1. The molecule has 29 heavy (non-hydrogen) atoms. The molecule has 1 fully saturated rings. The van der Waals surface area contributed by atoms with E-state index in [1.807, 2.05) is 18.3 Å². The Bertz CT molecular complexity index is 811. The molecule has 2 aromatic rings. The van der Waals surface area contributed by atoms with Crippen LogP contribution in [-0.2, 0) is 0 Å². The molecule has 2 amide bonds. The number of nitrogens with one attached hydrogen (secondary N) is 1. The Kier molecular flexibility index (Phi) is 7.69. The van der Waals surface area contributed by atoms with E-state index in [2.05, 4.69) is 34.3 Å². The maximum atomic E-state index is 11.6. The lowest BCUT2D eigenvalue weighted by atomic mass is 9.85. The lowest BCUT2D eigenvalue weighted by molar-refractivity contribution is 0.112. The number of ether oxygens (including phenoxy) is 1. The standard InChI is InChI=1S/C23H34N4O2/c1-3-4-5-6-7-13-27-14-11-17(15-22(27)26-23(24)28)19-10-12-25-21-9-8-18(29-2)16-20(19)21/h8-10,12,16-17,22H,3-7,11,13-15H2,1-2H3,(H3,24,26,28). The highest BCUT2D eigenvalue weighted by Gasteiger charge is 2.30. The van der Waals surface area contributed by atoms with Crippen LogP contribution in [0.25, 0.3) is 10.9 Å². The number of amides is 2. The lowest BCUT2D eigenvalue weighted by Crippen LogP contribution is -2.53. The summed E-state index contributed by atoms with van der Waals surface area (Å²) >= 11 is 0. The molecule has 1 aliphatic heterocycles. The molecule has 1 aromatic carbocycles. The van der Waals surface area contributed by atoms with E-state index in [1.165, 1.54) is 31.2 Å². The Morgan fingerprint density at radius 1 is 1.28 bits per heavy atom. The van der Waals surface area contributed by atoms with Gasteiger partial charge in [-0.3, -0.25) is 9.88 Å². The van der Waals surface area contributed by atoms with Crippen LogP contribution in [-0.4, -0.2) is 42.3 Å². The van der Waals surface area contributed by atoms with Crippen molar-refractivity contribution in [3.63, 3.8) is 0 Å². The summed E-state index contributed by atoms with van der Waals surface area (Å²) in [4.78, 5) is 18.5. The van der Waals surface area contributed by atoms with Crippen LogP contribution in [0.5, 0.6) is 5.75 Å². The third-order valence-corrected chi connectivity index (χ3v) is 5.99. The van der Waals surface area contributed by atoms with Gasteiger partial charge in [0, 0.05) is 24.7 Å². The number of urea groups is 1. The maximum absolute atomic E-state index is 11.6. The minimum absolute atomic E-state index is 0.0220. The van der Waals surface area contributed by atoms with E-state index in [4.69, 9.17) is 10.5 Å². The monoisotopic (exact) mass is 398 g/mol. The van der Waals surface area contributed by atoms with Gasteiger partial charge >= 0.3 is 6.03 Å². The molecular formula is C23H34N4O2. The number of carbonyl (C=O) groups is 1. The highest BCUT2D eigenvalue weighted by atomic mass is 16.5. The number of nitrogens with zero attached hydrogens (tertiary/aromatic N) is 2. The number of fused-ring (bicyclic) bond motifs is 1. The third-order valence-electron chi connectivity index (χ3n) is 5.99. The molecule has 0 saturated carbocycles. The second kappa shape index (κ2) is 10.4. The number of rotatable bonds is 9. The third kappa shape index (κ3) is 5.60. The smallest absolute Gasteiger partial charge is 0.313 e. The van der Waals surface area contributed by atoms with Gasteiger partial charge in [0.25, 0.3) is 0 Å². The van der Waals surface area contributed by atoms with Gasteiger partial charge in [-0.15, -0.1) is 0 Å². The predicted molar refractivity (Wildman–Crippen MR) is 117 cm³/mol. The molecule has 0 aliphatic carbocycles. The first kappa shape index (κ1) is 21.4. The lowest BCUT2D eigenvalue weighted by Gasteiger charge is -2.40. The van der Waals surface area contributed by atoms with Crippen molar-refractivity contribution < 1.29 is 9.53 Å². The van der Waals surface area contributed by atoms with Crippen LogP contribution in [0.1, 0.15) is 63.4 Å². The molecule has 0 bridgehead atoms. The summed E-state index contributed by atoms with van der Waals surface area (Å²) in [6.07, 6.45) is 10.0. The molecule has 1 aliphatic rings. The van der Waals surface area contributed by atoms with Gasteiger partial charge in [0.05, 0.1) is 18.8 Å². The minimum atomic E-state index is -0.451. The number of hydrogen-bond acceptors (Lipinski definition) is 4. The molecule has 3 N–H and O–H groups in total. The van der Waals surface area contributed by atoms with Crippen molar-refractivity contribution in [3.05, 3.63) is 36.0 Å². The fourth-order valence-electron chi connectivity index (χ4n) is 4.43. The number of nitrogens with two attached hydrogens (primary N) is 1. The quantitative estimate of drug-likeness (QED) is 0.614. The van der Waals surface area contributed by atoms with Crippen molar-refractivity contribution in [1.29, 1.82) is 0 Å². The molecule has 0 spiro atoms. The first-order valence-corrected chi connectivity index (χ1v) is 10.8. The molecule has 6 nitrogen and oxygen atoms in total. The maximum Gasteiger partial charge on any atom is 0.313 e. The van der Waals surface area contributed by atoms with Crippen molar-refractivity contribution in [2.75, 3.05) is 20.2 Å². The second-order valence-corrected chi connectivity index (χ2v) is 7.98. The summed E-state index contributed by atoms with van der Waals surface area (Å²) in [7, 11) is 1.68. The van der Waals surface area contributed by atoms with Gasteiger partial charge in [0.15, 0.2) is 0 Å². The number of benzene rings is 1. The normalized spacial score (nSPS) is 19.9. The Hall–Kier alpha value is -2.34. The number of carbonyl (C=O) groups excluding carboxylic acids is 1. The fraction of sp³-hybridized carbons (Fsp3) is 0.565. The molecule has 2 unspecified atom stereocenters. The molecule has 1 aromatic heterocycles. The molecule has 2 atom stereocenters. The molecule has 2 heterocycles. The largest absolute Gasteiger partial charge is 0.497 e. The Morgan fingerprint density at radius 3 is 2.86 bits per heavy atom. The van der Waals surface area contributed by atoms with Gasteiger partial charge in [0.1, 0.15) is 5.75 Å². The van der Waals surface area contributed by atoms with E-state index in [-0.39, 0.29) is 6.17 Å². The highest BCUT2D eigenvalue weighted by molar-refractivity contribution is 5.84. The van der Waals surface area contributed by atoms with E-state index >= 15 is 0 Å². The Morgan fingerprint density at radius 2 is 2.10 bits per heavy atom. The zero-order valence-corrected chi connectivity index (χ0v) is 17.7. The zero-order chi connectivity index (χ0) is 20.6. The summed E-state index contributed by atoms with van der Waals surface area (Å²) in [6.45, 7) is 4.19. The van der Waals surface area contributed by atoms with Crippen molar-refractivity contribution in [2.45, 2.75) is 64.0 Å². The van der Waals surface area contributed by atoms with Crippen molar-refractivity contribution in [3.8, 4) is 5.75 Å². The summed E-state index contributed by atoms with van der Waals surface area (Å²) in [5.41, 5.74) is 7.73. The zero-order valence-electron chi connectivity index (χ0n) is 17.7. The van der Waals surface area contributed by atoms with Gasteiger partial charge < -0.3 is 15.8 Å². The SMILES string of the molecule is CCCCCCCN1CCC(c2ccnc3ccc(OC)cc23)CC1NC(N)=O. The van der Waals surface area contributed by atoms with Crippen LogP contribution in [0.15, 0.2) is 30.5 Å². The van der Waals surface area contributed by atoms with Gasteiger partial charge in [-0.2, -0.15) is 0 Å². The first-order valence-electron chi connectivity index (χ1n) is 10.8. The molecule has 0 radical (unpaired) electrons. The molecule has 158 valence electrons. The highest BCUT2D eigenvalue weighted by Crippen LogP contribution is 2.35. The Labute approximate surface area is 173 Å². The van der Waals surface area contributed by atoms with E-state index in [0.29, 0.717) is 5.92 Å². The number of hydrogen-bond donors (Lipinski definition) is 2. The fourth-order valence-corrected chi connectivity index (χ4v) is 4.43. The van der Waals surface area contributed by atoms with Crippen LogP contribution in [0.2, 0.25) is 0 Å². The van der Waals surface area contributed by atoms with E-state index < -0.39 is 6.03 Å². The number of primary amides is 1. The molecule has 3 rings (SSSR count). The average Bonchev–Trinajstić information content (AvgIpc) is 2.73. The van der Waals surface area contributed by atoms with Crippen molar-refractivity contribution in [1.82, 2.24) is 15.2 Å². The summed E-state index contributed by atoms with van der Waals surface area (Å²) in [5, 5.41) is 4.11. The summed E-state index contributed by atoms with van der Waals surface area (Å²) in [6, 6.07) is 7.66. The average molecular weight is 399 g/mol. The Balaban J connectivity index is 1.74. The van der Waals surface area contributed by atoms with Crippen LogP contribution < -0.4 is 15.8 Å². The van der Waals surface area contributed by atoms with Crippen LogP contribution in [0, 0.1) is 0 Å². The summed E-state index contributed by atoms with van der Waals surface area (Å²) in [5.74, 6) is 1.18. The molecule has 6 heteroatoms. The summed E-state index contributed by atoms with van der Waals surface area (Å²) < 4.78 is 5.42. The number of methoxy groups -OCH3 is 1. The van der Waals surface area contributed by atoms with Gasteiger partial charge in [-0.25, -0.2) is 4.79 Å². The van der Waals surface area contributed by atoms with Crippen molar-refractivity contribution in [2.24, 2.45) is 5.73 Å². The van der Waals surface area contributed by atoms with Gasteiger partial charge in [0.2, 0.25) is 0 Å². The van der Waals surface area contributed by atoms with E-state index in [9.17, 15) is 4.79 Å². The van der Waals surface area contributed by atoms with E-state index in [1.54, 1.807) is 7.11 Å². The first-order chi connectivity index (χ1) is 14.1. The van der Waals surface area contributed by atoms with Crippen LogP contribution >= 0.6 is 0 Å². The van der Waals surface area contributed by atoms with Gasteiger partial charge in [-0.1, -0.05) is 32.6 Å². The second-order valence-electron chi connectivity index (χ2n) is 7.98. The topological polar surface area (TPSA) is 80.5 Å². The number of likely N-dealkylation sites (tertiary alicyclic amines) is 1. The number of aromatic nitrogens is 1. The van der Waals surface area contributed by atoms with E-state index in [0.717, 1.165) is 49.0 Å². The number of pyridine rings is 1. The van der Waals surface area contributed by atoms with Crippen LogP contribution in [0.4, 0.5) is 4.79 Å². The molecule has 1 saturated heterocycles. The minimum Gasteiger partial charge on any atom is -0.497 e. The van der Waals surface area contributed by atoms with Gasteiger partial charge in [-0.05, 0) is 55.0 Å². The van der Waals surface area contributed by atoms with Crippen LogP contribution in [0.3, 0.4) is 0 Å². The van der Waals surface area contributed by atoms with Crippen molar-refractivity contribution >= 4 is 16.9 Å². The number of unbranched alkanes of at least 4 members (excludes halogenated alkanes) is 4. The molecular weight excluding hydrogens is 364 g/mol.